The van der Waals surface area contributed by atoms with Gasteiger partial charge in [0, 0.05) is 12.6 Å². The molecule has 1 saturated heterocycles. The van der Waals surface area contributed by atoms with Crippen LogP contribution in [-0.4, -0.2) is 54.7 Å². The molecule has 2 unspecified atom stereocenters. The highest BCUT2D eigenvalue weighted by Gasteiger charge is 2.34. The number of piperidine rings is 1. The van der Waals surface area contributed by atoms with E-state index in [1.807, 2.05) is 6.92 Å². The summed E-state index contributed by atoms with van der Waals surface area (Å²) in [6.45, 7) is 1.98. The third-order valence-electron chi connectivity index (χ3n) is 5.22. The molecule has 150 valence electrons. The molecule has 3 aromatic rings. The molecule has 29 heavy (non-hydrogen) atoms. The highest BCUT2D eigenvalue weighted by Crippen LogP contribution is 2.27. The molecular formula is C19H19N5O5. The van der Waals surface area contributed by atoms with Crippen LogP contribution in [0.25, 0.3) is 17.1 Å². The Morgan fingerprint density at radius 1 is 1.31 bits per heavy atom. The zero-order valence-electron chi connectivity index (χ0n) is 15.6. The van der Waals surface area contributed by atoms with Crippen LogP contribution in [0, 0.1) is 5.92 Å². The van der Waals surface area contributed by atoms with E-state index in [2.05, 4.69) is 9.97 Å². The lowest BCUT2D eigenvalue weighted by atomic mass is 9.93. The first-order valence-electron chi connectivity index (χ1n) is 9.12. The van der Waals surface area contributed by atoms with Crippen LogP contribution in [0.2, 0.25) is 0 Å². The normalized spacial score (nSPS) is 19.4. The van der Waals surface area contributed by atoms with Crippen molar-refractivity contribution in [2.45, 2.75) is 25.8 Å². The van der Waals surface area contributed by atoms with Gasteiger partial charge in [0.2, 0.25) is 0 Å². The van der Waals surface area contributed by atoms with Crippen molar-refractivity contribution >= 4 is 23.4 Å². The van der Waals surface area contributed by atoms with Gasteiger partial charge in [-0.25, -0.2) is 9.97 Å². The molecule has 0 aliphatic carbocycles. The summed E-state index contributed by atoms with van der Waals surface area (Å²) in [7, 11) is 0. The average Bonchev–Trinajstić information content (AvgIpc) is 3.36. The van der Waals surface area contributed by atoms with E-state index in [9.17, 15) is 19.5 Å². The summed E-state index contributed by atoms with van der Waals surface area (Å²) in [5, 5.41) is 9.37. The largest absolute Gasteiger partial charge is 0.481 e. The predicted octanol–water partition coefficient (Wildman–Crippen LogP) is 1.41. The molecule has 10 heteroatoms. The molecule has 2 amide bonds. The van der Waals surface area contributed by atoms with Gasteiger partial charge in [-0.2, -0.15) is 0 Å². The third kappa shape index (κ3) is 3.22. The van der Waals surface area contributed by atoms with Gasteiger partial charge in [0.15, 0.2) is 17.1 Å². The number of rotatable bonds is 4. The van der Waals surface area contributed by atoms with Crippen molar-refractivity contribution in [2.24, 2.45) is 11.7 Å². The average molecular weight is 397 g/mol. The van der Waals surface area contributed by atoms with E-state index >= 15 is 0 Å². The van der Waals surface area contributed by atoms with Gasteiger partial charge >= 0.3 is 5.97 Å². The lowest BCUT2D eigenvalue weighted by Gasteiger charge is -2.36. The van der Waals surface area contributed by atoms with E-state index in [0.717, 1.165) is 0 Å². The molecule has 1 aliphatic rings. The highest BCUT2D eigenvalue weighted by molar-refractivity contribution is 5.99. The fourth-order valence-corrected chi connectivity index (χ4v) is 3.60. The summed E-state index contributed by atoms with van der Waals surface area (Å²) >= 11 is 0. The first-order chi connectivity index (χ1) is 13.9. The summed E-state index contributed by atoms with van der Waals surface area (Å²) in [6.07, 6.45) is 3.88. The summed E-state index contributed by atoms with van der Waals surface area (Å²) in [4.78, 5) is 46.5. The lowest BCUT2D eigenvalue weighted by Crippen LogP contribution is -2.47. The van der Waals surface area contributed by atoms with Gasteiger partial charge in [-0.05, 0) is 38.0 Å². The summed E-state index contributed by atoms with van der Waals surface area (Å²) < 4.78 is 6.78. The molecular weight excluding hydrogens is 378 g/mol. The van der Waals surface area contributed by atoms with Gasteiger partial charge in [-0.1, -0.05) is 0 Å². The number of carbonyl (C=O) groups excluding carboxylic acids is 2. The van der Waals surface area contributed by atoms with E-state index in [0.29, 0.717) is 24.3 Å². The Hall–Kier alpha value is -3.69. The van der Waals surface area contributed by atoms with Gasteiger partial charge in [0.1, 0.15) is 17.7 Å². The molecule has 0 aromatic carbocycles. The van der Waals surface area contributed by atoms with E-state index in [-0.39, 0.29) is 35.5 Å². The number of carboxylic acids is 1. The number of nitrogens with two attached hydrogens (primary N) is 1. The van der Waals surface area contributed by atoms with Crippen LogP contribution in [0.4, 0.5) is 0 Å². The maximum atomic E-state index is 13.4. The van der Waals surface area contributed by atoms with Crippen LogP contribution >= 0.6 is 0 Å². The smallest absolute Gasteiger partial charge is 0.308 e. The van der Waals surface area contributed by atoms with Crippen molar-refractivity contribution in [3.05, 3.63) is 42.2 Å². The fraction of sp³-hybridized carbons (Fsp3) is 0.316. The van der Waals surface area contributed by atoms with E-state index in [1.165, 1.54) is 28.0 Å². The number of imidazole rings is 1. The Balaban J connectivity index is 1.84. The first-order valence-corrected chi connectivity index (χ1v) is 9.12. The summed E-state index contributed by atoms with van der Waals surface area (Å²) in [5.74, 6) is -2.29. The van der Waals surface area contributed by atoms with Crippen molar-refractivity contribution in [2.75, 3.05) is 6.54 Å². The Morgan fingerprint density at radius 2 is 2.10 bits per heavy atom. The Bertz CT molecular complexity index is 1100. The number of furan rings is 1. The monoisotopic (exact) mass is 397 g/mol. The molecule has 2 atom stereocenters. The first kappa shape index (κ1) is 18.7. The minimum absolute atomic E-state index is 0.0671. The molecule has 3 N–H and O–H groups in total. The van der Waals surface area contributed by atoms with Crippen molar-refractivity contribution in [1.29, 1.82) is 0 Å². The predicted molar refractivity (Wildman–Crippen MR) is 100 cm³/mol. The van der Waals surface area contributed by atoms with Crippen LogP contribution in [-0.2, 0) is 4.79 Å². The van der Waals surface area contributed by atoms with Gasteiger partial charge in [0.25, 0.3) is 11.8 Å². The second-order valence-corrected chi connectivity index (χ2v) is 7.07. The number of fused-ring (bicyclic) bond motifs is 1. The lowest BCUT2D eigenvalue weighted by molar-refractivity contribution is -0.143. The maximum absolute atomic E-state index is 13.4. The molecule has 3 aromatic heterocycles. The SMILES string of the molecule is CC1CCC(C(=O)O)CN1C(=O)c1cc(-c2ccco2)nc2c(C(N)=O)ncn12. The number of carbonyl (C=O) groups is 3. The number of primary amides is 1. The molecule has 1 aliphatic heterocycles. The van der Waals surface area contributed by atoms with Gasteiger partial charge in [-0.3, -0.25) is 18.8 Å². The van der Waals surface area contributed by atoms with E-state index in [1.54, 1.807) is 12.1 Å². The van der Waals surface area contributed by atoms with E-state index in [4.69, 9.17) is 10.2 Å². The van der Waals surface area contributed by atoms with Crippen LogP contribution < -0.4 is 5.73 Å². The molecule has 1 fully saturated rings. The maximum Gasteiger partial charge on any atom is 0.308 e. The quantitative estimate of drug-likeness (QED) is 0.677. The number of aromatic nitrogens is 3. The Morgan fingerprint density at radius 3 is 2.76 bits per heavy atom. The number of carboxylic acid groups (broad SMARTS) is 1. The zero-order chi connectivity index (χ0) is 20.7. The topological polar surface area (TPSA) is 144 Å². The van der Waals surface area contributed by atoms with E-state index < -0.39 is 17.8 Å². The third-order valence-corrected chi connectivity index (χ3v) is 5.22. The minimum atomic E-state index is -0.926. The fourth-order valence-electron chi connectivity index (χ4n) is 3.60. The number of likely N-dealkylation sites (tertiary alicyclic amines) is 1. The van der Waals surface area contributed by atoms with Crippen molar-refractivity contribution in [1.82, 2.24) is 19.3 Å². The highest BCUT2D eigenvalue weighted by atomic mass is 16.4. The molecule has 4 rings (SSSR count). The van der Waals surface area contributed by atoms with Crippen LogP contribution in [0.3, 0.4) is 0 Å². The number of amides is 2. The molecule has 0 radical (unpaired) electrons. The van der Waals surface area contributed by atoms with Crippen molar-refractivity contribution in [3.8, 4) is 11.5 Å². The summed E-state index contributed by atoms with van der Waals surface area (Å²) in [6, 6.07) is 4.76. The second-order valence-electron chi connectivity index (χ2n) is 7.07. The van der Waals surface area contributed by atoms with Crippen LogP contribution in [0.5, 0.6) is 0 Å². The number of aliphatic carboxylic acids is 1. The Kier molecular flexibility index (Phi) is 4.53. The molecule has 4 heterocycles. The zero-order valence-corrected chi connectivity index (χ0v) is 15.6. The van der Waals surface area contributed by atoms with Crippen molar-refractivity contribution < 1.29 is 23.9 Å². The van der Waals surface area contributed by atoms with Gasteiger partial charge in [-0.15, -0.1) is 0 Å². The Labute approximate surface area is 164 Å². The van der Waals surface area contributed by atoms with Crippen molar-refractivity contribution in [3.63, 3.8) is 0 Å². The molecule has 0 bridgehead atoms. The van der Waals surface area contributed by atoms with Gasteiger partial charge < -0.3 is 20.2 Å². The second kappa shape index (κ2) is 7.04. The number of hydrogen-bond donors (Lipinski definition) is 2. The van der Waals surface area contributed by atoms with Crippen LogP contribution in [0.1, 0.15) is 40.7 Å². The molecule has 0 spiro atoms. The molecule has 10 nitrogen and oxygen atoms in total. The standard InChI is InChI=1S/C19H19N5O5/c1-10-4-5-11(19(27)28)8-23(10)18(26)13-7-12(14-3-2-6-29-14)22-17-15(16(20)25)21-9-24(13)17/h2-3,6-7,9-11H,4-5,8H2,1H3,(H2,20,25)(H,27,28). The summed E-state index contributed by atoms with van der Waals surface area (Å²) in [5.41, 5.74) is 6.00. The molecule has 0 saturated carbocycles. The number of nitrogens with zero attached hydrogens (tertiary/aromatic N) is 4. The van der Waals surface area contributed by atoms with Crippen LogP contribution in [0.15, 0.2) is 35.2 Å². The number of hydrogen-bond acceptors (Lipinski definition) is 6. The minimum Gasteiger partial charge on any atom is -0.481 e. The van der Waals surface area contributed by atoms with Gasteiger partial charge in [0.05, 0.1) is 12.2 Å².